The maximum atomic E-state index is 12.9. The van der Waals surface area contributed by atoms with E-state index in [9.17, 15) is 13.2 Å². The first-order valence-electron chi connectivity index (χ1n) is 6.81. The molecular weight excluding hydrogens is 358 g/mol. The molecule has 1 N–H and O–H groups in total. The summed E-state index contributed by atoms with van der Waals surface area (Å²) in [7, 11) is -3.64. The van der Waals surface area contributed by atoms with Gasteiger partial charge in [0.25, 0.3) is 0 Å². The fourth-order valence-electron chi connectivity index (χ4n) is 2.83. The summed E-state index contributed by atoms with van der Waals surface area (Å²) in [4.78, 5) is 11.1. The normalized spacial score (nSPS) is 24.0. The average Bonchev–Trinajstić information content (AvgIpc) is 2.37. The largest absolute Gasteiger partial charge is 0.478 e. The van der Waals surface area contributed by atoms with Crippen LogP contribution in [0.4, 0.5) is 0 Å². The highest BCUT2D eigenvalue weighted by Crippen LogP contribution is 2.33. The Kier molecular flexibility index (Phi) is 4.75. The van der Waals surface area contributed by atoms with Crippen LogP contribution >= 0.6 is 15.9 Å². The van der Waals surface area contributed by atoms with Crippen molar-refractivity contribution >= 4 is 31.9 Å². The van der Waals surface area contributed by atoms with Gasteiger partial charge in [0.05, 0.1) is 10.5 Å². The van der Waals surface area contributed by atoms with Crippen molar-refractivity contribution in [3.63, 3.8) is 0 Å². The van der Waals surface area contributed by atoms with Crippen molar-refractivity contribution in [2.24, 2.45) is 0 Å². The quantitative estimate of drug-likeness (QED) is 0.880. The minimum Gasteiger partial charge on any atom is -0.478 e. The van der Waals surface area contributed by atoms with Crippen molar-refractivity contribution in [2.45, 2.75) is 50.1 Å². The minimum absolute atomic E-state index is 0.0511. The van der Waals surface area contributed by atoms with Crippen LogP contribution in [0.1, 0.15) is 43.5 Å². The van der Waals surface area contributed by atoms with Crippen LogP contribution in [-0.4, -0.2) is 35.9 Å². The number of piperidine rings is 1. The lowest BCUT2D eigenvalue weighted by atomic mass is 10.0. The van der Waals surface area contributed by atoms with E-state index >= 15 is 0 Å². The number of carboxylic acid groups (broad SMARTS) is 1. The van der Waals surface area contributed by atoms with Gasteiger partial charge in [-0.2, -0.15) is 4.31 Å². The fraction of sp³-hybridized carbons (Fsp3) is 0.500. The number of nitrogens with zero attached hydrogens (tertiary/aromatic N) is 1. The number of hydrogen-bond donors (Lipinski definition) is 1. The molecule has 0 aliphatic carbocycles. The van der Waals surface area contributed by atoms with E-state index in [1.165, 1.54) is 22.5 Å². The molecule has 7 heteroatoms. The number of aromatic carboxylic acids is 1. The summed E-state index contributed by atoms with van der Waals surface area (Å²) in [6.07, 6.45) is 2.70. The third-order valence-corrected chi connectivity index (χ3v) is 6.95. The van der Waals surface area contributed by atoms with Gasteiger partial charge in [0.1, 0.15) is 0 Å². The molecule has 0 bridgehead atoms. The summed E-state index contributed by atoms with van der Waals surface area (Å²) < 4.78 is 27.5. The van der Waals surface area contributed by atoms with E-state index < -0.39 is 16.0 Å². The molecule has 2 atom stereocenters. The number of hydrogen-bond acceptors (Lipinski definition) is 3. The van der Waals surface area contributed by atoms with E-state index in [4.69, 9.17) is 5.11 Å². The second-order valence-corrected chi connectivity index (χ2v) is 8.08. The first-order valence-corrected chi connectivity index (χ1v) is 9.05. The molecule has 2 rings (SSSR count). The first kappa shape index (κ1) is 16.5. The zero-order valence-corrected chi connectivity index (χ0v) is 14.3. The van der Waals surface area contributed by atoms with Crippen LogP contribution in [0.3, 0.4) is 0 Å². The third-order valence-electron chi connectivity index (χ3n) is 3.85. The predicted octanol–water partition coefficient (Wildman–Crippen LogP) is 3.10. The average molecular weight is 376 g/mol. The molecule has 116 valence electrons. The van der Waals surface area contributed by atoms with Crippen molar-refractivity contribution < 1.29 is 18.3 Å². The van der Waals surface area contributed by atoms with Crippen molar-refractivity contribution in [3.8, 4) is 0 Å². The highest BCUT2D eigenvalue weighted by Gasteiger charge is 2.36. The number of sulfonamides is 1. The molecule has 5 nitrogen and oxygen atoms in total. The summed E-state index contributed by atoms with van der Waals surface area (Å²) in [6.45, 7) is 3.82. The minimum atomic E-state index is -3.64. The Morgan fingerprint density at radius 3 is 2.33 bits per heavy atom. The molecule has 0 amide bonds. The number of carbonyl (C=O) groups is 1. The van der Waals surface area contributed by atoms with Gasteiger partial charge in [0, 0.05) is 16.6 Å². The summed E-state index contributed by atoms with van der Waals surface area (Å²) >= 11 is 3.19. The molecule has 0 spiro atoms. The van der Waals surface area contributed by atoms with Crippen LogP contribution in [0.25, 0.3) is 0 Å². The van der Waals surface area contributed by atoms with Crippen LogP contribution in [0, 0.1) is 0 Å². The first-order chi connectivity index (χ1) is 9.75. The smallest absolute Gasteiger partial charge is 0.335 e. The maximum Gasteiger partial charge on any atom is 0.335 e. The lowest BCUT2D eigenvalue weighted by molar-refractivity contribution is 0.0696. The second kappa shape index (κ2) is 6.06. The molecule has 1 aliphatic rings. The predicted molar refractivity (Wildman–Crippen MR) is 82.9 cm³/mol. The number of halogens is 1. The Balaban J connectivity index is 2.46. The molecule has 1 heterocycles. The number of benzene rings is 1. The molecule has 0 saturated carbocycles. The topological polar surface area (TPSA) is 74.7 Å². The van der Waals surface area contributed by atoms with E-state index in [-0.39, 0.29) is 27.0 Å². The number of rotatable bonds is 3. The maximum absolute atomic E-state index is 12.9. The van der Waals surface area contributed by atoms with Gasteiger partial charge in [-0.05, 0) is 60.8 Å². The second-order valence-electron chi connectivity index (χ2n) is 5.41. The van der Waals surface area contributed by atoms with Crippen LogP contribution in [0.2, 0.25) is 0 Å². The summed E-state index contributed by atoms with van der Waals surface area (Å²) in [5, 5.41) is 8.96. The molecule has 1 aromatic carbocycles. The van der Waals surface area contributed by atoms with Crippen molar-refractivity contribution in [1.82, 2.24) is 4.31 Å². The third kappa shape index (κ3) is 3.14. The van der Waals surface area contributed by atoms with E-state index in [0.717, 1.165) is 19.3 Å². The van der Waals surface area contributed by atoms with Gasteiger partial charge >= 0.3 is 5.97 Å². The SMILES string of the molecule is CC1CCCC(C)N1S(=O)(=O)c1ccc(C(=O)O)cc1Br. The molecule has 0 aromatic heterocycles. The summed E-state index contributed by atoms with van der Waals surface area (Å²) in [5.74, 6) is -1.08. The standard InChI is InChI=1S/C14H18BrNO4S/c1-9-4-3-5-10(2)16(9)21(19,20)13-7-6-11(14(17)18)8-12(13)15/h6-10H,3-5H2,1-2H3,(H,17,18). The molecule has 1 aliphatic heterocycles. The van der Waals surface area contributed by atoms with Gasteiger partial charge in [0.15, 0.2) is 0 Å². The Labute approximate surface area is 133 Å². The van der Waals surface area contributed by atoms with Crippen LogP contribution in [0.15, 0.2) is 27.6 Å². The zero-order chi connectivity index (χ0) is 15.8. The Morgan fingerprint density at radius 2 is 1.86 bits per heavy atom. The molecule has 21 heavy (non-hydrogen) atoms. The van der Waals surface area contributed by atoms with Gasteiger partial charge in [-0.15, -0.1) is 0 Å². The Morgan fingerprint density at radius 1 is 1.29 bits per heavy atom. The highest BCUT2D eigenvalue weighted by molar-refractivity contribution is 9.10. The lowest BCUT2D eigenvalue weighted by Gasteiger charge is -2.37. The van der Waals surface area contributed by atoms with E-state index in [0.29, 0.717) is 0 Å². The van der Waals surface area contributed by atoms with Gasteiger partial charge < -0.3 is 5.11 Å². The van der Waals surface area contributed by atoms with Gasteiger partial charge in [-0.3, -0.25) is 0 Å². The molecular formula is C14H18BrNO4S. The lowest BCUT2D eigenvalue weighted by Crippen LogP contribution is -2.47. The Hall–Kier alpha value is -0.920. The molecule has 2 unspecified atom stereocenters. The number of carboxylic acids is 1. The van der Waals surface area contributed by atoms with E-state index in [1.54, 1.807) is 0 Å². The van der Waals surface area contributed by atoms with Crippen LogP contribution in [-0.2, 0) is 10.0 Å². The summed E-state index contributed by atoms with van der Waals surface area (Å²) in [5.41, 5.74) is 0.0561. The summed E-state index contributed by atoms with van der Waals surface area (Å²) in [6, 6.07) is 3.90. The highest BCUT2D eigenvalue weighted by atomic mass is 79.9. The van der Waals surface area contributed by atoms with Crippen molar-refractivity contribution in [1.29, 1.82) is 0 Å². The molecule has 0 radical (unpaired) electrons. The van der Waals surface area contributed by atoms with E-state index in [1.807, 2.05) is 13.8 Å². The monoisotopic (exact) mass is 375 g/mol. The van der Waals surface area contributed by atoms with Crippen LogP contribution < -0.4 is 0 Å². The van der Waals surface area contributed by atoms with Gasteiger partial charge in [-0.25, -0.2) is 13.2 Å². The van der Waals surface area contributed by atoms with E-state index in [2.05, 4.69) is 15.9 Å². The zero-order valence-electron chi connectivity index (χ0n) is 11.9. The van der Waals surface area contributed by atoms with Crippen molar-refractivity contribution in [3.05, 3.63) is 28.2 Å². The molecule has 1 fully saturated rings. The van der Waals surface area contributed by atoms with Crippen molar-refractivity contribution in [2.75, 3.05) is 0 Å². The Bertz CT molecular complexity index is 649. The molecule has 1 saturated heterocycles. The fourth-order valence-corrected chi connectivity index (χ4v) is 5.75. The molecule has 1 aromatic rings. The van der Waals surface area contributed by atoms with Crippen LogP contribution in [0.5, 0.6) is 0 Å². The van der Waals surface area contributed by atoms with Gasteiger partial charge in [0.2, 0.25) is 10.0 Å². The van der Waals surface area contributed by atoms with Gasteiger partial charge in [-0.1, -0.05) is 6.42 Å².